The van der Waals surface area contributed by atoms with Crippen LogP contribution in [-0.2, 0) is 21.6 Å². The molecular weight excluding hydrogens is 376 g/mol. The van der Waals surface area contributed by atoms with E-state index in [0.29, 0.717) is 19.6 Å². The first-order valence-electron chi connectivity index (χ1n) is 11.0. The molecule has 0 spiro atoms. The molecule has 6 heteroatoms. The highest BCUT2D eigenvalue weighted by atomic mass is 16.5. The number of fused-ring (bicyclic) bond motifs is 1. The number of imidazole rings is 1. The number of para-hydroxylation sites is 2. The number of nitrogens with zero attached hydrogens (tertiary/aromatic N) is 3. The van der Waals surface area contributed by atoms with Gasteiger partial charge in [-0.05, 0) is 44.0 Å². The van der Waals surface area contributed by atoms with E-state index in [9.17, 15) is 4.79 Å². The van der Waals surface area contributed by atoms with Crippen molar-refractivity contribution in [3.8, 4) is 0 Å². The maximum absolute atomic E-state index is 13.1. The summed E-state index contributed by atoms with van der Waals surface area (Å²) in [5.41, 5.74) is 1.91. The van der Waals surface area contributed by atoms with Gasteiger partial charge in [-0.3, -0.25) is 4.79 Å². The van der Waals surface area contributed by atoms with Crippen molar-refractivity contribution in [2.45, 2.75) is 63.6 Å². The molecule has 0 radical (unpaired) electrons. The maximum atomic E-state index is 13.1. The summed E-state index contributed by atoms with van der Waals surface area (Å²) in [6, 6.07) is 12.0. The second-order valence-corrected chi connectivity index (χ2v) is 8.44. The molecule has 6 nitrogen and oxygen atoms in total. The largest absolute Gasteiger partial charge is 0.383 e. The Morgan fingerprint density at radius 3 is 2.63 bits per heavy atom. The minimum absolute atomic E-state index is 0.0865. The molecule has 0 saturated heterocycles. The Labute approximate surface area is 178 Å². The van der Waals surface area contributed by atoms with Crippen LogP contribution in [0.5, 0.6) is 0 Å². The van der Waals surface area contributed by atoms with Crippen molar-refractivity contribution in [3.05, 3.63) is 54.6 Å². The quantitative estimate of drug-likeness (QED) is 0.600. The number of ether oxygens (including phenoxy) is 1. The molecule has 1 saturated carbocycles. The van der Waals surface area contributed by atoms with Gasteiger partial charge in [0.2, 0.25) is 5.91 Å². The number of hydrogen-bond acceptors (Lipinski definition) is 3. The van der Waals surface area contributed by atoms with Gasteiger partial charge in [-0.25, -0.2) is 4.98 Å². The van der Waals surface area contributed by atoms with Gasteiger partial charge in [-0.15, -0.1) is 0 Å². The van der Waals surface area contributed by atoms with Crippen LogP contribution in [0.15, 0.2) is 48.8 Å². The van der Waals surface area contributed by atoms with Crippen LogP contribution >= 0.6 is 0 Å². The molecular formula is C24H32N4O2. The van der Waals surface area contributed by atoms with Crippen LogP contribution in [-0.4, -0.2) is 33.7 Å². The van der Waals surface area contributed by atoms with Crippen LogP contribution in [0.3, 0.4) is 0 Å². The summed E-state index contributed by atoms with van der Waals surface area (Å²) in [5, 5.41) is 3.23. The van der Waals surface area contributed by atoms with Crippen molar-refractivity contribution in [2.24, 2.45) is 0 Å². The predicted octanol–water partition coefficient (Wildman–Crippen LogP) is 4.41. The standard InChI is InChI=1S/C24H32N4O2/c1-19(23-26-20-10-4-5-11-21(20)28(23)16-17-30-2)25-22(29)18-24(12-6-3-7-13-24)27-14-8-9-15-27/h4-5,8-11,14-15,19H,3,6-7,12-13,16-18H2,1-2H3,(H,25,29). The fraction of sp³-hybridized carbons (Fsp3) is 0.500. The van der Waals surface area contributed by atoms with Crippen molar-refractivity contribution in [3.63, 3.8) is 0 Å². The summed E-state index contributed by atoms with van der Waals surface area (Å²) in [5.74, 6) is 0.962. The van der Waals surface area contributed by atoms with E-state index in [1.54, 1.807) is 7.11 Å². The van der Waals surface area contributed by atoms with E-state index in [-0.39, 0.29) is 17.5 Å². The molecule has 30 heavy (non-hydrogen) atoms. The number of nitrogens with one attached hydrogen (secondary N) is 1. The number of hydrogen-bond donors (Lipinski definition) is 1. The van der Waals surface area contributed by atoms with Gasteiger partial charge in [0, 0.05) is 26.0 Å². The third-order valence-electron chi connectivity index (χ3n) is 6.39. The van der Waals surface area contributed by atoms with Gasteiger partial charge in [-0.1, -0.05) is 31.4 Å². The monoisotopic (exact) mass is 408 g/mol. The minimum Gasteiger partial charge on any atom is -0.383 e. The van der Waals surface area contributed by atoms with Crippen LogP contribution in [0.4, 0.5) is 0 Å². The Balaban J connectivity index is 1.53. The molecule has 2 aromatic heterocycles. The zero-order chi connectivity index (χ0) is 21.0. The van der Waals surface area contributed by atoms with Crippen LogP contribution < -0.4 is 5.32 Å². The molecule has 1 amide bonds. The van der Waals surface area contributed by atoms with Crippen molar-refractivity contribution in [1.82, 2.24) is 19.4 Å². The highest BCUT2D eigenvalue weighted by Gasteiger charge is 2.36. The molecule has 0 aliphatic heterocycles. The normalized spacial score (nSPS) is 17.1. The fourth-order valence-corrected chi connectivity index (χ4v) is 4.89. The molecule has 3 aromatic rings. The van der Waals surface area contributed by atoms with E-state index in [0.717, 1.165) is 29.7 Å². The molecule has 1 aliphatic carbocycles. The molecule has 1 fully saturated rings. The Morgan fingerprint density at radius 2 is 1.90 bits per heavy atom. The van der Waals surface area contributed by atoms with Gasteiger partial charge in [0.1, 0.15) is 5.82 Å². The van der Waals surface area contributed by atoms with Crippen molar-refractivity contribution >= 4 is 16.9 Å². The van der Waals surface area contributed by atoms with E-state index < -0.39 is 0 Å². The molecule has 1 N–H and O–H groups in total. The van der Waals surface area contributed by atoms with E-state index in [2.05, 4.69) is 45.0 Å². The summed E-state index contributed by atoms with van der Waals surface area (Å²) < 4.78 is 9.71. The number of amides is 1. The molecule has 0 bridgehead atoms. The predicted molar refractivity (Wildman–Crippen MR) is 118 cm³/mol. The van der Waals surface area contributed by atoms with Gasteiger partial charge in [0.05, 0.1) is 35.6 Å². The first kappa shape index (κ1) is 20.7. The summed E-state index contributed by atoms with van der Waals surface area (Å²) >= 11 is 0. The number of benzene rings is 1. The Hall–Kier alpha value is -2.60. The first-order valence-corrected chi connectivity index (χ1v) is 11.0. The average molecular weight is 409 g/mol. The Bertz CT molecular complexity index is 970. The highest BCUT2D eigenvalue weighted by Crippen LogP contribution is 2.38. The van der Waals surface area contributed by atoms with E-state index >= 15 is 0 Å². The van der Waals surface area contributed by atoms with Gasteiger partial charge in [0.25, 0.3) is 0 Å². The highest BCUT2D eigenvalue weighted by molar-refractivity contribution is 5.78. The zero-order valence-corrected chi connectivity index (χ0v) is 18.0. The van der Waals surface area contributed by atoms with Crippen LogP contribution in [0.25, 0.3) is 11.0 Å². The molecule has 160 valence electrons. The lowest BCUT2D eigenvalue weighted by Crippen LogP contribution is -2.41. The molecule has 2 heterocycles. The Kier molecular flexibility index (Phi) is 6.23. The number of aromatic nitrogens is 3. The van der Waals surface area contributed by atoms with E-state index in [1.165, 1.54) is 19.3 Å². The van der Waals surface area contributed by atoms with Crippen LogP contribution in [0.1, 0.15) is 57.3 Å². The average Bonchev–Trinajstić information content (AvgIpc) is 3.41. The van der Waals surface area contributed by atoms with E-state index in [1.807, 2.05) is 25.1 Å². The molecule has 1 aliphatic rings. The summed E-state index contributed by atoms with van der Waals surface area (Å²) in [4.78, 5) is 18.0. The van der Waals surface area contributed by atoms with Crippen molar-refractivity contribution < 1.29 is 9.53 Å². The topological polar surface area (TPSA) is 61.1 Å². The fourth-order valence-electron chi connectivity index (χ4n) is 4.89. The second kappa shape index (κ2) is 9.04. The minimum atomic E-state index is -0.174. The molecule has 1 aromatic carbocycles. The SMILES string of the molecule is COCCn1c(C(C)NC(=O)CC2(n3cccc3)CCCCC2)nc2ccccc21. The number of carbonyl (C=O) groups is 1. The number of rotatable bonds is 8. The van der Waals surface area contributed by atoms with E-state index in [4.69, 9.17) is 9.72 Å². The molecule has 4 rings (SSSR count). The maximum Gasteiger partial charge on any atom is 0.222 e. The lowest BCUT2D eigenvalue weighted by Gasteiger charge is -2.38. The van der Waals surface area contributed by atoms with Gasteiger partial charge < -0.3 is 19.2 Å². The van der Waals surface area contributed by atoms with Crippen LogP contribution in [0.2, 0.25) is 0 Å². The van der Waals surface area contributed by atoms with Crippen molar-refractivity contribution in [2.75, 3.05) is 13.7 Å². The van der Waals surface area contributed by atoms with Gasteiger partial charge >= 0.3 is 0 Å². The van der Waals surface area contributed by atoms with Crippen LogP contribution in [0, 0.1) is 0 Å². The first-order chi connectivity index (χ1) is 14.6. The van der Waals surface area contributed by atoms with Crippen molar-refractivity contribution in [1.29, 1.82) is 0 Å². The number of methoxy groups -OCH3 is 1. The third-order valence-corrected chi connectivity index (χ3v) is 6.39. The smallest absolute Gasteiger partial charge is 0.222 e. The van der Waals surface area contributed by atoms with Gasteiger partial charge in [0.15, 0.2) is 0 Å². The summed E-state index contributed by atoms with van der Waals surface area (Å²) in [7, 11) is 1.70. The summed E-state index contributed by atoms with van der Waals surface area (Å²) in [6.45, 7) is 3.33. The molecule has 1 atom stereocenters. The lowest BCUT2D eigenvalue weighted by molar-refractivity contribution is -0.124. The second-order valence-electron chi connectivity index (χ2n) is 8.44. The third kappa shape index (κ3) is 4.15. The summed E-state index contributed by atoms with van der Waals surface area (Å²) in [6.07, 6.45) is 10.4. The lowest BCUT2D eigenvalue weighted by atomic mass is 9.78. The molecule has 1 unspecified atom stereocenters. The van der Waals surface area contributed by atoms with Gasteiger partial charge in [-0.2, -0.15) is 0 Å². The number of carbonyl (C=O) groups excluding carboxylic acids is 1. The zero-order valence-electron chi connectivity index (χ0n) is 18.0. The Morgan fingerprint density at radius 1 is 1.17 bits per heavy atom.